The molecule has 1 aromatic carbocycles. The second-order valence-corrected chi connectivity index (χ2v) is 6.68. The summed E-state index contributed by atoms with van der Waals surface area (Å²) in [6.07, 6.45) is 5.11. The molecule has 0 aliphatic heterocycles. The Morgan fingerprint density at radius 2 is 2.11 bits per heavy atom. The average Bonchev–Trinajstić information content (AvgIpc) is 2.61. The van der Waals surface area contributed by atoms with Gasteiger partial charge in [-0.2, -0.15) is 5.26 Å². The standard InChI is InChI=1S/C22H23NO4/c1-5-26-22(25)19(12-23)16(10-14(2)3)7-8-17-13-27-20-9-6-15(4)11-18(20)21(17)24/h6-9,11,13-14H,5,10H2,1-4H3/b8-7+,19-16-. The van der Waals surface area contributed by atoms with Crippen molar-refractivity contribution in [1.82, 2.24) is 0 Å². The highest BCUT2D eigenvalue weighted by molar-refractivity contribution is 5.94. The third-order valence-electron chi connectivity index (χ3n) is 3.96. The molecule has 2 aromatic rings. The van der Waals surface area contributed by atoms with Crippen LogP contribution in [0.2, 0.25) is 0 Å². The van der Waals surface area contributed by atoms with Gasteiger partial charge in [0.2, 0.25) is 0 Å². The van der Waals surface area contributed by atoms with Crippen molar-refractivity contribution < 1.29 is 13.9 Å². The summed E-state index contributed by atoms with van der Waals surface area (Å²) in [5.74, 6) is -0.431. The van der Waals surface area contributed by atoms with E-state index in [1.54, 1.807) is 31.2 Å². The van der Waals surface area contributed by atoms with E-state index in [-0.39, 0.29) is 23.5 Å². The van der Waals surface area contributed by atoms with Crippen LogP contribution in [0.3, 0.4) is 0 Å². The molecule has 0 radical (unpaired) electrons. The van der Waals surface area contributed by atoms with E-state index in [1.165, 1.54) is 6.26 Å². The normalized spacial score (nSPS) is 12.3. The van der Waals surface area contributed by atoms with Crippen LogP contribution in [0.15, 0.2) is 50.9 Å². The number of fused-ring (bicyclic) bond motifs is 1. The van der Waals surface area contributed by atoms with Crippen molar-refractivity contribution in [2.24, 2.45) is 5.92 Å². The summed E-state index contributed by atoms with van der Waals surface area (Å²) in [6.45, 7) is 7.76. The first-order valence-electron chi connectivity index (χ1n) is 8.88. The highest BCUT2D eigenvalue weighted by Gasteiger charge is 2.16. The minimum atomic E-state index is -0.651. The quantitative estimate of drug-likeness (QED) is 0.325. The SMILES string of the molecule is CCOC(=O)/C(C#N)=C(/C=C/c1coc2ccc(C)cc2c1=O)CC(C)C. The number of carbonyl (C=O) groups excluding carboxylic acids is 1. The first-order valence-corrected chi connectivity index (χ1v) is 8.88. The summed E-state index contributed by atoms with van der Waals surface area (Å²) in [6, 6.07) is 7.35. The van der Waals surface area contributed by atoms with Gasteiger partial charge in [-0.15, -0.1) is 0 Å². The van der Waals surface area contributed by atoms with E-state index in [9.17, 15) is 14.9 Å². The number of hydrogen-bond acceptors (Lipinski definition) is 5. The highest BCUT2D eigenvalue weighted by Crippen LogP contribution is 2.20. The van der Waals surface area contributed by atoms with Crippen molar-refractivity contribution in [2.45, 2.75) is 34.1 Å². The van der Waals surface area contributed by atoms with Crippen molar-refractivity contribution >= 4 is 23.0 Å². The average molecular weight is 365 g/mol. The molecule has 0 aliphatic rings. The maximum Gasteiger partial charge on any atom is 0.349 e. The monoisotopic (exact) mass is 365 g/mol. The van der Waals surface area contributed by atoms with Crippen LogP contribution in [-0.2, 0) is 9.53 Å². The van der Waals surface area contributed by atoms with Gasteiger partial charge in [0.05, 0.1) is 17.6 Å². The molecule has 0 spiro atoms. The van der Waals surface area contributed by atoms with Crippen LogP contribution in [0, 0.1) is 24.2 Å². The lowest BCUT2D eigenvalue weighted by molar-refractivity contribution is -0.138. The van der Waals surface area contributed by atoms with Crippen LogP contribution in [-0.4, -0.2) is 12.6 Å². The summed E-state index contributed by atoms with van der Waals surface area (Å²) in [7, 11) is 0. The lowest BCUT2D eigenvalue weighted by atomic mass is 9.97. The zero-order chi connectivity index (χ0) is 20.0. The number of benzene rings is 1. The predicted molar refractivity (Wildman–Crippen MR) is 105 cm³/mol. The smallest absolute Gasteiger partial charge is 0.349 e. The lowest BCUT2D eigenvalue weighted by Gasteiger charge is -2.09. The summed E-state index contributed by atoms with van der Waals surface area (Å²) in [5.41, 5.74) is 2.18. The number of esters is 1. The van der Waals surface area contributed by atoms with Crippen molar-refractivity contribution in [1.29, 1.82) is 5.26 Å². The molecule has 0 saturated heterocycles. The molecule has 0 bridgehead atoms. The number of allylic oxidation sites excluding steroid dienone is 2. The Hall–Kier alpha value is -3.13. The summed E-state index contributed by atoms with van der Waals surface area (Å²) >= 11 is 0. The van der Waals surface area contributed by atoms with Crippen LogP contribution in [0.4, 0.5) is 0 Å². The molecular weight excluding hydrogens is 342 g/mol. The number of carbonyl (C=O) groups is 1. The maximum absolute atomic E-state index is 12.7. The van der Waals surface area contributed by atoms with Crippen LogP contribution < -0.4 is 5.43 Å². The van der Waals surface area contributed by atoms with Crippen LogP contribution in [0.25, 0.3) is 17.0 Å². The fourth-order valence-corrected chi connectivity index (χ4v) is 2.71. The fraction of sp³-hybridized carbons (Fsp3) is 0.318. The van der Waals surface area contributed by atoms with Crippen LogP contribution in [0.1, 0.15) is 38.3 Å². The minimum Gasteiger partial charge on any atom is -0.463 e. The molecule has 0 unspecified atom stereocenters. The predicted octanol–water partition coefficient (Wildman–Crippen LogP) is 4.54. The Morgan fingerprint density at radius 3 is 2.74 bits per heavy atom. The number of rotatable bonds is 6. The number of ether oxygens (including phenoxy) is 1. The first kappa shape index (κ1) is 20.2. The Morgan fingerprint density at radius 1 is 1.37 bits per heavy atom. The molecule has 27 heavy (non-hydrogen) atoms. The molecule has 1 aromatic heterocycles. The number of hydrogen-bond donors (Lipinski definition) is 0. The second-order valence-electron chi connectivity index (χ2n) is 6.68. The molecule has 0 amide bonds. The molecule has 5 heteroatoms. The van der Waals surface area contributed by atoms with E-state index in [0.29, 0.717) is 28.5 Å². The van der Waals surface area contributed by atoms with Gasteiger partial charge in [-0.05, 0) is 50.0 Å². The summed E-state index contributed by atoms with van der Waals surface area (Å²) in [5, 5.41) is 9.90. The van der Waals surface area contributed by atoms with E-state index in [4.69, 9.17) is 9.15 Å². The van der Waals surface area contributed by atoms with E-state index in [1.807, 2.05) is 32.9 Å². The maximum atomic E-state index is 12.7. The molecule has 5 nitrogen and oxygen atoms in total. The topological polar surface area (TPSA) is 80.3 Å². The summed E-state index contributed by atoms with van der Waals surface area (Å²) in [4.78, 5) is 24.8. The highest BCUT2D eigenvalue weighted by atomic mass is 16.5. The van der Waals surface area contributed by atoms with Crippen LogP contribution >= 0.6 is 0 Å². The Kier molecular flexibility index (Phi) is 6.73. The number of nitrogens with zero attached hydrogens (tertiary/aromatic N) is 1. The van der Waals surface area contributed by atoms with Gasteiger partial charge in [0.15, 0.2) is 5.43 Å². The molecule has 0 aliphatic carbocycles. The van der Waals surface area contributed by atoms with Gasteiger partial charge in [-0.25, -0.2) is 4.79 Å². The Labute approximate surface area is 158 Å². The molecule has 1 heterocycles. The van der Waals surface area contributed by atoms with Gasteiger partial charge in [0.1, 0.15) is 23.5 Å². The number of aryl methyl sites for hydroxylation is 1. The van der Waals surface area contributed by atoms with Gasteiger partial charge in [0, 0.05) is 0 Å². The van der Waals surface area contributed by atoms with E-state index in [2.05, 4.69) is 0 Å². The fourth-order valence-electron chi connectivity index (χ4n) is 2.71. The largest absolute Gasteiger partial charge is 0.463 e. The van der Waals surface area contributed by atoms with E-state index < -0.39 is 5.97 Å². The molecule has 2 rings (SSSR count). The third-order valence-corrected chi connectivity index (χ3v) is 3.96. The van der Waals surface area contributed by atoms with Crippen molar-refractivity contribution in [3.05, 3.63) is 63.0 Å². The third kappa shape index (κ3) is 4.95. The van der Waals surface area contributed by atoms with Gasteiger partial charge < -0.3 is 9.15 Å². The second kappa shape index (κ2) is 9.00. The van der Waals surface area contributed by atoms with Crippen LogP contribution in [0.5, 0.6) is 0 Å². The Balaban J connectivity index is 2.52. The van der Waals surface area contributed by atoms with Crippen molar-refractivity contribution in [3.8, 4) is 6.07 Å². The molecule has 0 fully saturated rings. The summed E-state index contributed by atoms with van der Waals surface area (Å²) < 4.78 is 10.5. The molecular formula is C22H23NO4. The zero-order valence-corrected chi connectivity index (χ0v) is 16.0. The van der Waals surface area contributed by atoms with Crippen molar-refractivity contribution in [3.63, 3.8) is 0 Å². The Bertz CT molecular complexity index is 1000. The van der Waals surface area contributed by atoms with Gasteiger partial charge in [-0.3, -0.25) is 4.79 Å². The van der Waals surface area contributed by atoms with E-state index >= 15 is 0 Å². The molecule has 0 atom stereocenters. The minimum absolute atomic E-state index is 0.0391. The molecule has 0 saturated carbocycles. The van der Waals surface area contributed by atoms with Gasteiger partial charge >= 0.3 is 5.97 Å². The lowest BCUT2D eigenvalue weighted by Crippen LogP contribution is -2.10. The van der Waals surface area contributed by atoms with Crippen molar-refractivity contribution in [2.75, 3.05) is 6.61 Å². The first-order chi connectivity index (χ1) is 12.9. The van der Waals surface area contributed by atoms with Gasteiger partial charge in [-0.1, -0.05) is 31.6 Å². The molecule has 0 N–H and O–H groups in total. The number of nitriles is 1. The zero-order valence-electron chi connectivity index (χ0n) is 16.0. The van der Waals surface area contributed by atoms with Gasteiger partial charge in [0.25, 0.3) is 0 Å². The van der Waals surface area contributed by atoms with E-state index in [0.717, 1.165) is 5.56 Å². The molecule has 140 valence electrons.